The molecular formula is C19H34N4O8S. The number of rotatable bonds is 15. The Hall–Kier alpha value is -2.38. The Morgan fingerprint density at radius 1 is 0.875 bits per heavy atom. The largest absolute Gasteiger partial charge is 0.481 e. The summed E-state index contributed by atoms with van der Waals surface area (Å²) in [5.74, 6) is -4.65. The highest BCUT2D eigenvalue weighted by molar-refractivity contribution is 7.98. The second-order valence-corrected chi connectivity index (χ2v) is 8.66. The van der Waals surface area contributed by atoms with E-state index in [2.05, 4.69) is 16.0 Å². The van der Waals surface area contributed by atoms with Crippen molar-refractivity contribution in [1.82, 2.24) is 16.0 Å². The van der Waals surface area contributed by atoms with Gasteiger partial charge in [-0.3, -0.25) is 19.2 Å². The fourth-order valence-electron chi connectivity index (χ4n) is 2.52. The van der Waals surface area contributed by atoms with E-state index in [1.165, 1.54) is 18.7 Å². The lowest BCUT2D eigenvalue weighted by atomic mass is 10.0. The molecule has 5 atom stereocenters. The standard InChI is InChI=1S/C19H34N4O8S/c1-9(2)14(20)17(28)21-11(7-8-32-4)16(27)23-15(10(3)24)18(29)22-12(19(30)31)5-6-13(25)26/h9-12,14-15,24H,5-8,20H2,1-4H3,(H,21,28)(H,22,29)(H,23,27)(H,25,26)(H,30,31). The van der Waals surface area contributed by atoms with Gasteiger partial charge in [-0.15, -0.1) is 0 Å². The number of hydrogen-bond donors (Lipinski definition) is 7. The molecule has 0 aromatic carbocycles. The van der Waals surface area contributed by atoms with Crippen LogP contribution < -0.4 is 21.7 Å². The number of nitrogens with one attached hydrogen (secondary N) is 3. The predicted molar refractivity (Wildman–Crippen MR) is 118 cm³/mol. The van der Waals surface area contributed by atoms with E-state index in [4.69, 9.17) is 10.8 Å². The van der Waals surface area contributed by atoms with Crippen LogP contribution in [0.15, 0.2) is 0 Å². The molecule has 0 saturated carbocycles. The zero-order valence-corrected chi connectivity index (χ0v) is 19.5. The summed E-state index contributed by atoms with van der Waals surface area (Å²) in [6.07, 6.45) is -0.235. The van der Waals surface area contributed by atoms with Crippen molar-refractivity contribution in [1.29, 1.82) is 0 Å². The molecule has 12 nitrogen and oxygen atoms in total. The van der Waals surface area contributed by atoms with Gasteiger partial charge in [-0.2, -0.15) is 11.8 Å². The van der Waals surface area contributed by atoms with Gasteiger partial charge in [-0.25, -0.2) is 4.79 Å². The van der Waals surface area contributed by atoms with Crippen molar-refractivity contribution in [2.24, 2.45) is 11.7 Å². The van der Waals surface area contributed by atoms with Crippen molar-refractivity contribution in [2.45, 2.75) is 70.3 Å². The Labute approximate surface area is 191 Å². The fraction of sp³-hybridized carbons (Fsp3) is 0.737. The minimum atomic E-state index is -1.53. The summed E-state index contributed by atoms with van der Waals surface area (Å²) in [6, 6.07) is -4.92. The molecule has 5 unspecified atom stereocenters. The molecule has 8 N–H and O–H groups in total. The quantitative estimate of drug-likeness (QED) is 0.145. The molecule has 0 aromatic rings. The van der Waals surface area contributed by atoms with Gasteiger partial charge in [0.2, 0.25) is 17.7 Å². The fourth-order valence-corrected chi connectivity index (χ4v) is 2.99. The summed E-state index contributed by atoms with van der Waals surface area (Å²) < 4.78 is 0. The molecule has 13 heteroatoms. The summed E-state index contributed by atoms with van der Waals surface area (Å²) in [5, 5.41) is 34.9. The summed E-state index contributed by atoms with van der Waals surface area (Å²) >= 11 is 1.44. The van der Waals surface area contributed by atoms with Crippen LogP contribution in [0.1, 0.15) is 40.0 Å². The molecule has 184 valence electrons. The van der Waals surface area contributed by atoms with Crippen molar-refractivity contribution in [2.75, 3.05) is 12.0 Å². The molecule has 0 aliphatic carbocycles. The topological polar surface area (TPSA) is 208 Å². The molecule has 0 radical (unpaired) electrons. The lowest BCUT2D eigenvalue weighted by Gasteiger charge is -2.26. The third-order valence-electron chi connectivity index (χ3n) is 4.59. The van der Waals surface area contributed by atoms with Crippen LogP contribution in [-0.2, 0) is 24.0 Å². The van der Waals surface area contributed by atoms with Crippen molar-refractivity contribution < 1.29 is 39.3 Å². The molecule has 0 aromatic heterocycles. The van der Waals surface area contributed by atoms with Gasteiger partial charge >= 0.3 is 11.9 Å². The minimum absolute atomic E-state index is 0.172. The number of carboxylic acids is 2. The van der Waals surface area contributed by atoms with Gasteiger partial charge < -0.3 is 37.0 Å². The van der Waals surface area contributed by atoms with E-state index in [0.29, 0.717) is 5.75 Å². The van der Waals surface area contributed by atoms with Gasteiger partial charge in [0.05, 0.1) is 12.1 Å². The summed E-state index contributed by atoms with van der Waals surface area (Å²) in [7, 11) is 0. The molecule has 0 aliphatic heterocycles. The number of carbonyl (C=O) groups excluding carboxylic acids is 3. The van der Waals surface area contributed by atoms with Gasteiger partial charge in [0.25, 0.3) is 0 Å². The van der Waals surface area contributed by atoms with Crippen LogP contribution in [0.5, 0.6) is 0 Å². The number of hydrogen-bond acceptors (Lipinski definition) is 8. The van der Waals surface area contributed by atoms with Crippen molar-refractivity contribution in [3.8, 4) is 0 Å². The van der Waals surface area contributed by atoms with E-state index >= 15 is 0 Å². The van der Waals surface area contributed by atoms with Crippen LogP contribution in [-0.4, -0.2) is 87.3 Å². The van der Waals surface area contributed by atoms with Crippen LogP contribution in [0.4, 0.5) is 0 Å². The normalized spacial score (nSPS) is 15.7. The molecular weight excluding hydrogens is 444 g/mol. The van der Waals surface area contributed by atoms with Gasteiger partial charge in [0.15, 0.2) is 0 Å². The minimum Gasteiger partial charge on any atom is -0.481 e. The van der Waals surface area contributed by atoms with Crippen LogP contribution >= 0.6 is 11.8 Å². The highest BCUT2D eigenvalue weighted by atomic mass is 32.2. The van der Waals surface area contributed by atoms with Crippen molar-refractivity contribution in [3.63, 3.8) is 0 Å². The number of carbonyl (C=O) groups is 5. The van der Waals surface area contributed by atoms with Gasteiger partial charge in [-0.1, -0.05) is 13.8 Å². The van der Waals surface area contributed by atoms with E-state index in [-0.39, 0.29) is 18.8 Å². The average Bonchev–Trinajstić information content (AvgIpc) is 2.70. The molecule has 3 amide bonds. The maximum atomic E-state index is 12.8. The van der Waals surface area contributed by atoms with Crippen LogP contribution in [0, 0.1) is 5.92 Å². The number of carboxylic acid groups (broad SMARTS) is 2. The molecule has 0 spiro atoms. The van der Waals surface area contributed by atoms with E-state index in [1.807, 2.05) is 6.26 Å². The molecule has 0 fully saturated rings. The molecule has 32 heavy (non-hydrogen) atoms. The van der Waals surface area contributed by atoms with Crippen LogP contribution in [0.3, 0.4) is 0 Å². The Morgan fingerprint density at radius 3 is 1.88 bits per heavy atom. The van der Waals surface area contributed by atoms with Gasteiger partial charge in [0, 0.05) is 6.42 Å². The summed E-state index contributed by atoms with van der Waals surface area (Å²) in [6.45, 7) is 4.72. The van der Waals surface area contributed by atoms with Gasteiger partial charge in [-0.05, 0) is 37.7 Å². The van der Waals surface area contributed by atoms with E-state index < -0.39 is 66.4 Å². The molecule has 0 bridgehead atoms. The zero-order valence-electron chi connectivity index (χ0n) is 18.7. The first-order valence-electron chi connectivity index (χ1n) is 10.1. The summed E-state index contributed by atoms with van der Waals surface area (Å²) in [4.78, 5) is 59.6. The second-order valence-electron chi connectivity index (χ2n) is 7.67. The predicted octanol–water partition coefficient (Wildman–Crippen LogP) is -1.49. The number of thioether (sulfide) groups is 1. The highest BCUT2D eigenvalue weighted by Crippen LogP contribution is 2.06. The molecule has 0 aliphatic rings. The molecule has 0 heterocycles. The lowest BCUT2D eigenvalue weighted by molar-refractivity contribution is -0.144. The maximum absolute atomic E-state index is 12.8. The second kappa shape index (κ2) is 14.6. The Kier molecular flexibility index (Phi) is 13.5. The number of amides is 3. The number of nitrogens with two attached hydrogens (primary N) is 1. The smallest absolute Gasteiger partial charge is 0.326 e. The van der Waals surface area contributed by atoms with Crippen LogP contribution in [0.2, 0.25) is 0 Å². The number of aliphatic hydroxyl groups excluding tert-OH is 1. The van der Waals surface area contributed by atoms with E-state index in [9.17, 15) is 34.2 Å². The maximum Gasteiger partial charge on any atom is 0.326 e. The monoisotopic (exact) mass is 478 g/mol. The van der Waals surface area contributed by atoms with Gasteiger partial charge in [0.1, 0.15) is 18.1 Å². The number of aliphatic carboxylic acids is 2. The summed E-state index contributed by atoms with van der Waals surface area (Å²) in [5.41, 5.74) is 5.82. The third kappa shape index (κ3) is 10.8. The van der Waals surface area contributed by atoms with Crippen molar-refractivity contribution >= 4 is 41.4 Å². The first-order valence-corrected chi connectivity index (χ1v) is 11.5. The van der Waals surface area contributed by atoms with Crippen molar-refractivity contribution in [3.05, 3.63) is 0 Å². The first-order chi connectivity index (χ1) is 14.8. The lowest BCUT2D eigenvalue weighted by Crippen LogP contribution is -2.60. The molecule has 0 saturated heterocycles. The Morgan fingerprint density at radius 2 is 1.44 bits per heavy atom. The average molecular weight is 479 g/mol. The Bertz CT molecular complexity index is 674. The van der Waals surface area contributed by atoms with E-state index in [0.717, 1.165) is 0 Å². The Balaban J connectivity index is 5.38. The van der Waals surface area contributed by atoms with E-state index in [1.54, 1.807) is 13.8 Å². The highest BCUT2D eigenvalue weighted by Gasteiger charge is 2.33. The SMILES string of the molecule is CSCCC(NC(=O)C(N)C(C)C)C(=O)NC(C(=O)NC(CCC(=O)O)C(=O)O)C(C)O. The molecule has 0 rings (SSSR count). The third-order valence-corrected chi connectivity index (χ3v) is 5.23. The van der Waals surface area contributed by atoms with Crippen LogP contribution in [0.25, 0.3) is 0 Å². The first kappa shape index (κ1) is 29.6. The number of aliphatic hydroxyl groups is 1. The zero-order chi connectivity index (χ0) is 25.0.